The number of hydrogen-bond donors (Lipinski definition) is 1. The number of nitrogens with zero attached hydrogens (tertiary/aromatic N) is 1. The van der Waals surface area contributed by atoms with Crippen LogP contribution in [0.1, 0.15) is 38.5 Å². The zero-order chi connectivity index (χ0) is 12.4. The van der Waals surface area contributed by atoms with E-state index in [1.54, 1.807) is 0 Å². The van der Waals surface area contributed by atoms with Crippen LogP contribution in [0.5, 0.6) is 0 Å². The smallest absolute Gasteiger partial charge is 0.251 e. The second-order valence-corrected chi connectivity index (χ2v) is 5.89. The first kappa shape index (κ1) is 12.4. The lowest BCUT2D eigenvalue weighted by Gasteiger charge is -2.36. The maximum Gasteiger partial charge on any atom is 0.251 e. The van der Waals surface area contributed by atoms with Crippen LogP contribution in [0, 0.1) is 5.92 Å². The molecule has 4 heteroatoms. The normalized spacial score (nSPS) is 37.1. The standard InChI is InChI=1S/C14H24N2O2/c17-14(13-6-3-9-18-13)16-8-2-4-11(10-16)12-5-1-7-15-12/h11-13,15H,1-10H2/t11?,12?,13-/m1/s1. The van der Waals surface area contributed by atoms with Crippen molar-refractivity contribution in [1.82, 2.24) is 10.2 Å². The van der Waals surface area contributed by atoms with E-state index >= 15 is 0 Å². The fraction of sp³-hybridized carbons (Fsp3) is 0.929. The van der Waals surface area contributed by atoms with E-state index in [2.05, 4.69) is 10.2 Å². The molecule has 0 bridgehead atoms. The van der Waals surface area contributed by atoms with Gasteiger partial charge >= 0.3 is 0 Å². The van der Waals surface area contributed by atoms with Gasteiger partial charge in [-0.25, -0.2) is 0 Å². The van der Waals surface area contributed by atoms with E-state index in [1.165, 1.54) is 19.3 Å². The third-order valence-electron chi connectivity index (χ3n) is 4.64. The van der Waals surface area contributed by atoms with Crippen LogP contribution in [0.4, 0.5) is 0 Å². The summed E-state index contributed by atoms with van der Waals surface area (Å²) in [5.41, 5.74) is 0. The number of ether oxygens (including phenoxy) is 1. The van der Waals surface area contributed by atoms with Gasteiger partial charge in [0.25, 0.3) is 5.91 Å². The molecule has 0 aliphatic carbocycles. The highest BCUT2D eigenvalue weighted by Gasteiger charge is 2.34. The zero-order valence-corrected chi connectivity index (χ0v) is 11.1. The predicted octanol–water partition coefficient (Wildman–Crippen LogP) is 1.16. The molecular formula is C14H24N2O2. The summed E-state index contributed by atoms with van der Waals surface area (Å²) >= 11 is 0. The third kappa shape index (κ3) is 2.54. The zero-order valence-electron chi connectivity index (χ0n) is 11.1. The van der Waals surface area contributed by atoms with Crippen LogP contribution in [0.2, 0.25) is 0 Å². The Morgan fingerprint density at radius 1 is 1.17 bits per heavy atom. The fourth-order valence-electron chi connectivity index (χ4n) is 3.63. The number of nitrogens with one attached hydrogen (secondary N) is 1. The highest BCUT2D eigenvalue weighted by molar-refractivity contribution is 5.81. The van der Waals surface area contributed by atoms with Crippen molar-refractivity contribution in [3.05, 3.63) is 0 Å². The molecule has 0 saturated carbocycles. The van der Waals surface area contributed by atoms with E-state index in [0.29, 0.717) is 12.0 Å². The van der Waals surface area contributed by atoms with E-state index < -0.39 is 0 Å². The Bertz CT molecular complexity index is 296. The highest BCUT2D eigenvalue weighted by Crippen LogP contribution is 2.26. The van der Waals surface area contributed by atoms with Gasteiger partial charge in [-0.05, 0) is 51.0 Å². The van der Waals surface area contributed by atoms with Gasteiger partial charge in [0.2, 0.25) is 0 Å². The molecule has 0 aromatic rings. The SMILES string of the molecule is O=C([C@H]1CCCO1)N1CCCC(C2CCCN2)C1. The van der Waals surface area contributed by atoms with Gasteiger partial charge in [0, 0.05) is 25.7 Å². The van der Waals surface area contributed by atoms with Crippen molar-refractivity contribution < 1.29 is 9.53 Å². The van der Waals surface area contributed by atoms with Crippen LogP contribution in [0.25, 0.3) is 0 Å². The molecule has 3 atom stereocenters. The topological polar surface area (TPSA) is 41.6 Å². The molecule has 0 spiro atoms. The molecule has 2 unspecified atom stereocenters. The summed E-state index contributed by atoms with van der Waals surface area (Å²) < 4.78 is 5.52. The second-order valence-electron chi connectivity index (χ2n) is 5.89. The molecule has 1 amide bonds. The van der Waals surface area contributed by atoms with E-state index in [0.717, 1.165) is 45.5 Å². The van der Waals surface area contributed by atoms with Gasteiger partial charge in [-0.15, -0.1) is 0 Å². The summed E-state index contributed by atoms with van der Waals surface area (Å²) in [6.45, 7) is 3.79. The van der Waals surface area contributed by atoms with Crippen LogP contribution in [0.15, 0.2) is 0 Å². The Labute approximate surface area is 109 Å². The summed E-state index contributed by atoms with van der Waals surface area (Å²) in [4.78, 5) is 14.4. The lowest BCUT2D eigenvalue weighted by atomic mass is 9.89. The number of piperidine rings is 1. The first-order valence-corrected chi connectivity index (χ1v) is 7.48. The maximum absolute atomic E-state index is 12.3. The second kappa shape index (κ2) is 5.57. The molecule has 3 fully saturated rings. The van der Waals surface area contributed by atoms with Gasteiger partial charge in [-0.3, -0.25) is 4.79 Å². The average Bonchev–Trinajstić information content (AvgIpc) is 3.11. The minimum atomic E-state index is -0.139. The highest BCUT2D eigenvalue weighted by atomic mass is 16.5. The average molecular weight is 252 g/mol. The molecule has 18 heavy (non-hydrogen) atoms. The Hall–Kier alpha value is -0.610. The number of amides is 1. The Morgan fingerprint density at radius 3 is 2.83 bits per heavy atom. The van der Waals surface area contributed by atoms with Crippen molar-refractivity contribution in [3.8, 4) is 0 Å². The number of likely N-dealkylation sites (tertiary alicyclic amines) is 1. The van der Waals surface area contributed by atoms with Gasteiger partial charge in [0.05, 0.1) is 0 Å². The summed E-state index contributed by atoms with van der Waals surface area (Å²) in [7, 11) is 0. The Morgan fingerprint density at radius 2 is 2.11 bits per heavy atom. The molecule has 3 aliphatic heterocycles. The molecule has 1 N–H and O–H groups in total. The van der Waals surface area contributed by atoms with Crippen LogP contribution in [-0.4, -0.2) is 49.2 Å². The molecule has 3 rings (SSSR count). The molecule has 3 saturated heterocycles. The quantitative estimate of drug-likeness (QED) is 0.802. The number of carbonyl (C=O) groups is 1. The predicted molar refractivity (Wildman–Crippen MR) is 69.3 cm³/mol. The van der Waals surface area contributed by atoms with Gasteiger partial charge < -0.3 is 15.0 Å². The van der Waals surface area contributed by atoms with E-state index in [4.69, 9.17) is 4.74 Å². The lowest BCUT2D eigenvalue weighted by molar-refractivity contribution is -0.143. The van der Waals surface area contributed by atoms with E-state index in [-0.39, 0.29) is 12.0 Å². The van der Waals surface area contributed by atoms with Crippen molar-refractivity contribution in [3.63, 3.8) is 0 Å². The van der Waals surface area contributed by atoms with E-state index in [1.807, 2.05) is 0 Å². The minimum Gasteiger partial charge on any atom is -0.368 e. The molecule has 4 nitrogen and oxygen atoms in total. The molecule has 0 radical (unpaired) electrons. The van der Waals surface area contributed by atoms with Gasteiger partial charge in [0.1, 0.15) is 6.10 Å². The first-order valence-electron chi connectivity index (χ1n) is 7.48. The van der Waals surface area contributed by atoms with Crippen LogP contribution in [0.3, 0.4) is 0 Å². The number of carbonyl (C=O) groups excluding carboxylic acids is 1. The molecule has 0 aromatic carbocycles. The summed E-state index contributed by atoms with van der Waals surface area (Å²) in [5.74, 6) is 0.904. The van der Waals surface area contributed by atoms with Crippen LogP contribution < -0.4 is 5.32 Å². The Balaban J connectivity index is 1.57. The van der Waals surface area contributed by atoms with Gasteiger partial charge in [0.15, 0.2) is 0 Å². The van der Waals surface area contributed by atoms with Crippen LogP contribution >= 0.6 is 0 Å². The fourth-order valence-corrected chi connectivity index (χ4v) is 3.63. The lowest BCUT2D eigenvalue weighted by Crippen LogP contribution is -2.48. The maximum atomic E-state index is 12.3. The van der Waals surface area contributed by atoms with Gasteiger partial charge in [-0.2, -0.15) is 0 Å². The van der Waals surface area contributed by atoms with Gasteiger partial charge in [-0.1, -0.05) is 0 Å². The largest absolute Gasteiger partial charge is 0.368 e. The minimum absolute atomic E-state index is 0.139. The van der Waals surface area contributed by atoms with Crippen molar-refractivity contribution in [1.29, 1.82) is 0 Å². The third-order valence-corrected chi connectivity index (χ3v) is 4.64. The molecule has 0 aromatic heterocycles. The number of rotatable bonds is 2. The summed E-state index contributed by atoms with van der Waals surface area (Å²) in [6, 6.07) is 0.644. The molecular weight excluding hydrogens is 228 g/mol. The molecule has 102 valence electrons. The summed E-state index contributed by atoms with van der Waals surface area (Å²) in [5, 5.41) is 3.59. The first-order chi connectivity index (χ1) is 8.84. The van der Waals surface area contributed by atoms with Crippen molar-refractivity contribution >= 4 is 5.91 Å². The van der Waals surface area contributed by atoms with Crippen LogP contribution in [-0.2, 0) is 9.53 Å². The van der Waals surface area contributed by atoms with Crippen molar-refractivity contribution in [2.45, 2.75) is 50.7 Å². The number of hydrogen-bond acceptors (Lipinski definition) is 3. The monoisotopic (exact) mass is 252 g/mol. The Kier molecular flexibility index (Phi) is 3.85. The molecule has 3 heterocycles. The molecule has 3 aliphatic rings. The van der Waals surface area contributed by atoms with E-state index in [9.17, 15) is 4.79 Å². The van der Waals surface area contributed by atoms with Crippen molar-refractivity contribution in [2.75, 3.05) is 26.2 Å². The summed E-state index contributed by atoms with van der Waals surface area (Å²) in [6.07, 6.45) is 6.82. The van der Waals surface area contributed by atoms with Crippen molar-refractivity contribution in [2.24, 2.45) is 5.92 Å².